The second kappa shape index (κ2) is 4.17. The number of sulfone groups is 1. The molecule has 0 bridgehead atoms. The third-order valence-electron chi connectivity index (χ3n) is 2.74. The number of benzene rings is 1. The van der Waals surface area contributed by atoms with Gasteiger partial charge in [-0.05, 0) is 31.2 Å². The number of fused-ring (bicyclic) bond motifs is 1. The Labute approximate surface area is 110 Å². The molecule has 2 aromatic heterocycles. The highest BCUT2D eigenvalue weighted by atomic mass is 32.2. The number of imidazole rings is 1. The molecule has 0 unspecified atom stereocenters. The molecule has 1 aromatic carbocycles. The Morgan fingerprint density at radius 3 is 2.53 bits per heavy atom. The van der Waals surface area contributed by atoms with Gasteiger partial charge in [0.2, 0.25) is 9.84 Å². The van der Waals surface area contributed by atoms with Gasteiger partial charge in [0.05, 0.1) is 16.8 Å². The van der Waals surface area contributed by atoms with Crippen LogP contribution < -0.4 is 0 Å². The van der Waals surface area contributed by atoms with Crippen molar-refractivity contribution in [3.8, 4) is 0 Å². The van der Waals surface area contributed by atoms with E-state index < -0.39 is 9.84 Å². The van der Waals surface area contributed by atoms with Crippen LogP contribution in [0.4, 0.5) is 0 Å². The molecule has 6 heteroatoms. The van der Waals surface area contributed by atoms with Crippen LogP contribution in [0.25, 0.3) is 5.65 Å². The second-order valence-corrected chi connectivity index (χ2v) is 6.07. The Morgan fingerprint density at radius 2 is 1.79 bits per heavy atom. The predicted octanol–water partition coefficient (Wildman–Crippen LogP) is 1.87. The topological polar surface area (TPSA) is 64.3 Å². The van der Waals surface area contributed by atoms with Crippen LogP contribution in [-0.4, -0.2) is 23.0 Å². The van der Waals surface area contributed by atoms with Crippen LogP contribution in [0.5, 0.6) is 0 Å². The highest BCUT2D eigenvalue weighted by Gasteiger charge is 2.19. The summed E-state index contributed by atoms with van der Waals surface area (Å²) in [6.07, 6.45) is 1.69. The summed E-state index contributed by atoms with van der Waals surface area (Å²) >= 11 is 0. The number of nitrogens with zero attached hydrogens (tertiary/aromatic N) is 3. The van der Waals surface area contributed by atoms with Crippen molar-refractivity contribution in [2.75, 3.05) is 0 Å². The van der Waals surface area contributed by atoms with Crippen molar-refractivity contribution in [1.29, 1.82) is 0 Å². The molecule has 19 heavy (non-hydrogen) atoms. The molecule has 0 radical (unpaired) electrons. The van der Waals surface area contributed by atoms with E-state index in [4.69, 9.17) is 0 Å². The van der Waals surface area contributed by atoms with Crippen molar-refractivity contribution < 1.29 is 8.42 Å². The predicted molar refractivity (Wildman–Crippen MR) is 69.6 cm³/mol. The maximum Gasteiger partial charge on any atom is 0.225 e. The third-order valence-corrected chi connectivity index (χ3v) is 4.41. The summed E-state index contributed by atoms with van der Waals surface area (Å²) in [5, 5.41) is 4.13. The molecule has 0 N–H and O–H groups in total. The molecule has 0 aliphatic rings. The lowest BCUT2D eigenvalue weighted by atomic mass is 10.4. The lowest BCUT2D eigenvalue weighted by molar-refractivity contribution is 0.589. The molecule has 3 aromatic rings. The molecule has 96 valence electrons. The van der Waals surface area contributed by atoms with Gasteiger partial charge in [0, 0.05) is 0 Å². The van der Waals surface area contributed by atoms with Crippen molar-refractivity contribution in [1.82, 2.24) is 14.6 Å². The molecule has 0 amide bonds. The van der Waals surface area contributed by atoms with Gasteiger partial charge in [-0.3, -0.25) is 0 Å². The summed E-state index contributed by atoms with van der Waals surface area (Å²) in [4.78, 5) is 4.45. The van der Waals surface area contributed by atoms with Crippen molar-refractivity contribution >= 4 is 15.5 Å². The zero-order valence-corrected chi connectivity index (χ0v) is 11.0. The normalized spacial score (nSPS) is 11.8. The fraction of sp³-hybridized carbons (Fsp3) is 0.0769. The maximum absolute atomic E-state index is 12.4. The average Bonchev–Trinajstić information content (AvgIpc) is 2.78. The standard InChI is InChI=1S/C13H11N3O2S/c1-10-9-16-12(14-10)7-8-13(15-16)19(17,18)11-5-3-2-4-6-11/h2-9H,1H3. The SMILES string of the molecule is Cc1cn2nc(S(=O)(=O)c3ccccc3)ccc2n1. The van der Waals surface area contributed by atoms with E-state index in [0.29, 0.717) is 5.65 Å². The Morgan fingerprint density at radius 1 is 1.05 bits per heavy atom. The number of aromatic nitrogens is 3. The zero-order valence-electron chi connectivity index (χ0n) is 10.2. The minimum Gasteiger partial charge on any atom is -0.232 e. The van der Waals surface area contributed by atoms with Crippen molar-refractivity contribution in [3.05, 3.63) is 54.4 Å². The fourth-order valence-electron chi connectivity index (χ4n) is 1.85. The quantitative estimate of drug-likeness (QED) is 0.715. The van der Waals surface area contributed by atoms with E-state index in [-0.39, 0.29) is 9.92 Å². The summed E-state index contributed by atoms with van der Waals surface area (Å²) in [6, 6.07) is 11.4. The van der Waals surface area contributed by atoms with Crippen LogP contribution in [0.3, 0.4) is 0 Å². The highest BCUT2D eigenvalue weighted by Crippen LogP contribution is 2.18. The smallest absolute Gasteiger partial charge is 0.225 e. The molecular weight excluding hydrogens is 262 g/mol. The van der Waals surface area contributed by atoms with Crippen molar-refractivity contribution in [3.63, 3.8) is 0 Å². The summed E-state index contributed by atoms with van der Waals surface area (Å²) < 4.78 is 26.3. The Kier molecular flexibility index (Phi) is 2.60. The van der Waals surface area contributed by atoms with Crippen LogP contribution in [0.15, 0.2) is 58.6 Å². The summed E-state index contributed by atoms with van der Waals surface area (Å²) in [6.45, 7) is 1.83. The molecule has 3 rings (SSSR count). The van der Waals surface area contributed by atoms with Crippen molar-refractivity contribution in [2.45, 2.75) is 16.8 Å². The molecule has 0 spiro atoms. The lowest BCUT2D eigenvalue weighted by Gasteiger charge is -2.03. The third kappa shape index (κ3) is 2.00. The Balaban J connectivity index is 2.18. The molecule has 0 saturated carbocycles. The minimum atomic E-state index is -3.58. The van der Waals surface area contributed by atoms with E-state index in [1.807, 2.05) is 6.92 Å². The first-order chi connectivity index (χ1) is 9.07. The first-order valence-corrected chi connectivity index (χ1v) is 7.19. The zero-order chi connectivity index (χ0) is 13.5. The summed E-state index contributed by atoms with van der Waals surface area (Å²) in [5.74, 6) is 0. The Bertz CT molecular complexity index is 839. The van der Waals surface area contributed by atoms with Crippen LogP contribution >= 0.6 is 0 Å². The Hall–Kier alpha value is -2.21. The van der Waals surface area contributed by atoms with Gasteiger partial charge in [-0.15, -0.1) is 0 Å². The maximum atomic E-state index is 12.4. The van der Waals surface area contributed by atoms with Gasteiger partial charge in [0.1, 0.15) is 0 Å². The van der Waals surface area contributed by atoms with Gasteiger partial charge in [0.15, 0.2) is 10.7 Å². The van der Waals surface area contributed by atoms with E-state index in [9.17, 15) is 8.42 Å². The minimum absolute atomic E-state index is 0.0172. The van der Waals surface area contributed by atoms with Gasteiger partial charge >= 0.3 is 0 Å². The van der Waals surface area contributed by atoms with Crippen LogP contribution in [0.2, 0.25) is 0 Å². The molecule has 5 nitrogen and oxygen atoms in total. The molecule has 0 aliphatic heterocycles. The van der Waals surface area contributed by atoms with Gasteiger partial charge in [-0.25, -0.2) is 17.9 Å². The number of aryl methyl sites for hydroxylation is 1. The van der Waals surface area contributed by atoms with Gasteiger partial charge in [0.25, 0.3) is 0 Å². The van der Waals surface area contributed by atoms with Gasteiger partial charge < -0.3 is 0 Å². The number of hydrogen-bond acceptors (Lipinski definition) is 4. The lowest BCUT2D eigenvalue weighted by Crippen LogP contribution is -2.06. The van der Waals surface area contributed by atoms with E-state index in [0.717, 1.165) is 5.69 Å². The molecule has 0 aliphatic carbocycles. The summed E-state index contributed by atoms with van der Waals surface area (Å²) in [5.41, 5.74) is 1.42. The second-order valence-electron chi connectivity index (χ2n) is 4.17. The first kappa shape index (κ1) is 11.9. The van der Waals surface area contributed by atoms with Gasteiger partial charge in [-0.1, -0.05) is 18.2 Å². The van der Waals surface area contributed by atoms with Crippen LogP contribution in [0, 0.1) is 6.92 Å². The van der Waals surface area contributed by atoms with E-state index in [1.54, 1.807) is 42.6 Å². The molecule has 2 heterocycles. The largest absolute Gasteiger partial charge is 0.232 e. The highest BCUT2D eigenvalue weighted by molar-refractivity contribution is 7.91. The van der Waals surface area contributed by atoms with Crippen LogP contribution in [-0.2, 0) is 9.84 Å². The number of rotatable bonds is 2. The van der Waals surface area contributed by atoms with Gasteiger partial charge in [-0.2, -0.15) is 5.10 Å². The summed E-state index contributed by atoms with van der Waals surface area (Å²) in [7, 11) is -3.58. The monoisotopic (exact) mass is 273 g/mol. The fourth-order valence-corrected chi connectivity index (χ4v) is 3.05. The van der Waals surface area contributed by atoms with Crippen molar-refractivity contribution in [2.24, 2.45) is 0 Å². The van der Waals surface area contributed by atoms with E-state index in [1.165, 1.54) is 10.6 Å². The first-order valence-electron chi connectivity index (χ1n) is 5.70. The van der Waals surface area contributed by atoms with E-state index >= 15 is 0 Å². The molecule has 0 saturated heterocycles. The molecule has 0 atom stereocenters. The van der Waals surface area contributed by atoms with Crippen LogP contribution in [0.1, 0.15) is 5.69 Å². The molecular formula is C13H11N3O2S. The molecule has 0 fully saturated rings. The number of hydrogen-bond donors (Lipinski definition) is 0. The average molecular weight is 273 g/mol. The van der Waals surface area contributed by atoms with E-state index in [2.05, 4.69) is 10.1 Å².